The van der Waals surface area contributed by atoms with E-state index in [9.17, 15) is 25.4 Å². The fourth-order valence-electron chi connectivity index (χ4n) is 2.61. The summed E-state index contributed by atoms with van der Waals surface area (Å²) in [5.74, 6) is 0.0120. The Hall–Kier alpha value is -4.47. The Balaban J connectivity index is 1.74. The van der Waals surface area contributed by atoms with Crippen molar-refractivity contribution >= 4 is 39.3 Å². The van der Waals surface area contributed by atoms with E-state index in [1.807, 2.05) is 12.1 Å². The lowest BCUT2D eigenvalue weighted by molar-refractivity contribution is -0.384. The van der Waals surface area contributed by atoms with Crippen LogP contribution >= 0.6 is 15.9 Å². The first-order valence-corrected chi connectivity index (χ1v) is 9.84. The number of carbonyl (C=O) groups excluding carboxylic acids is 1. The van der Waals surface area contributed by atoms with Gasteiger partial charge in [0, 0.05) is 22.3 Å². The molecule has 0 unspecified atom stereocenters. The second kappa shape index (κ2) is 10.0. The summed E-state index contributed by atoms with van der Waals surface area (Å²) >= 11 is 3.31. The number of amides is 1. The Bertz CT molecular complexity index is 1290. The number of carbonyl (C=O) groups is 1. The summed E-state index contributed by atoms with van der Waals surface area (Å²) in [4.78, 5) is 22.6. The fraction of sp³-hybridized carbons (Fsp3) is 0. The lowest BCUT2D eigenvalue weighted by atomic mass is 10.1. The van der Waals surface area contributed by atoms with Crippen molar-refractivity contribution in [3.63, 3.8) is 0 Å². The number of hydrogen-bond donors (Lipinski definition) is 1. The van der Waals surface area contributed by atoms with Crippen LogP contribution < -0.4 is 10.1 Å². The molecule has 0 saturated carbocycles. The van der Waals surface area contributed by atoms with Crippen LogP contribution in [-0.2, 0) is 4.79 Å². The van der Waals surface area contributed by atoms with Crippen LogP contribution in [-0.4, -0.2) is 10.8 Å². The molecule has 3 aromatic carbocycles. The van der Waals surface area contributed by atoms with Crippen LogP contribution in [0.1, 0.15) is 11.1 Å². The number of nitro benzene ring substituents is 1. The number of nitro groups is 1. The van der Waals surface area contributed by atoms with Crippen LogP contribution in [0.25, 0.3) is 6.08 Å². The number of nitrogens with one attached hydrogen (secondary N) is 1. The lowest BCUT2D eigenvalue weighted by Gasteiger charge is -2.08. The van der Waals surface area contributed by atoms with Crippen molar-refractivity contribution < 1.29 is 14.5 Å². The third-order valence-electron chi connectivity index (χ3n) is 4.18. The average Bonchev–Trinajstić information content (AvgIpc) is 2.80. The molecule has 0 aliphatic heterocycles. The fourth-order valence-corrected chi connectivity index (χ4v) is 2.88. The maximum Gasteiger partial charge on any atom is 0.271 e. The minimum Gasteiger partial charge on any atom is -0.456 e. The van der Waals surface area contributed by atoms with Gasteiger partial charge in [0.15, 0.2) is 0 Å². The molecular weight excluding hydrogens is 476 g/mol. The van der Waals surface area contributed by atoms with Crippen LogP contribution in [0.3, 0.4) is 0 Å². The predicted molar refractivity (Wildman–Crippen MR) is 121 cm³/mol. The molecule has 3 rings (SSSR count). The van der Waals surface area contributed by atoms with Crippen molar-refractivity contribution in [2.75, 3.05) is 5.32 Å². The second-order valence-electron chi connectivity index (χ2n) is 6.35. The van der Waals surface area contributed by atoms with Crippen LogP contribution in [0.5, 0.6) is 11.5 Å². The van der Waals surface area contributed by atoms with Gasteiger partial charge in [-0.1, -0.05) is 28.1 Å². The van der Waals surface area contributed by atoms with Gasteiger partial charge >= 0.3 is 0 Å². The maximum atomic E-state index is 12.4. The molecule has 156 valence electrons. The molecule has 1 N–H and O–H groups in total. The summed E-state index contributed by atoms with van der Waals surface area (Å²) in [6, 6.07) is 20.9. The van der Waals surface area contributed by atoms with Gasteiger partial charge < -0.3 is 10.1 Å². The molecule has 0 radical (unpaired) electrons. The highest BCUT2D eigenvalue weighted by molar-refractivity contribution is 9.10. The standard InChI is InChI=1S/C23H13BrN4O4/c24-18-3-5-19(6-4-18)27-23(29)17(14-26)11-15-1-8-21(9-2-15)32-22-10-7-20(28(30)31)12-16(22)13-25/h1-12H,(H,27,29)/b17-11+. The van der Waals surface area contributed by atoms with Crippen molar-refractivity contribution in [3.05, 3.63) is 98.0 Å². The summed E-state index contributed by atoms with van der Waals surface area (Å²) in [6.45, 7) is 0. The Kier molecular flexibility index (Phi) is 6.96. The first-order chi connectivity index (χ1) is 15.4. The van der Waals surface area contributed by atoms with Crippen molar-refractivity contribution in [2.24, 2.45) is 0 Å². The number of rotatable bonds is 6. The molecule has 0 aromatic heterocycles. The van der Waals surface area contributed by atoms with Gasteiger partial charge in [-0.25, -0.2) is 0 Å². The molecule has 1 amide bonds. The second-order valence-corrected chi connectivity index (χ2v) is 7.27. The van der Waals surface area contributed by atoms with Gasteiger partial charge in [-0.3, -0.25) is 14.9 Å². The van der Waals surface area contributed by atoms with Crippen LogP contribution in [0.2, 0.25) is 0 Å². The first kappa shape index (κ1) is 22.2. The zero-order chi connectivity index (χ0) is 23.1. The van der Waals surface area contributed by atoms with E-state index >= 15 is 0 Å². The zero-order valence-corrected chi connectivity index (χ0v) is 17.9. The normalized spacial score (nSPS) is 10.5. The van der Waals surface area contributed by atoms with Gasteiger partial charge in [0.1, 0.15) is 34.8 Å². The summed E-state index contributed by atoms with van der Waals surface area (Å²) in [6.07, 6.45) is 1.44. The van der Waals surface area contributed by atoms with Gasteiger partial charge in [-0.2, -0.15) is 10.5 Å². The predicted octanol–water partition coefficient (Wildman–Crippen LogP) is 5.57. The molecule has 0 atom stereocenters. The van der Waals surface area contributed by atoms with Gasteiger partial charge in [-0.15, -0.1) is 0 Å². The average molecular weight is 489 g/mol. The largest absolute Gasteiger partial charge is 0.456 e. The third-order valence-corrected chi connectivity index (χ3v) is 4.71. The number of ether oxygens (including phenoxy) is 1. The van der Waals surface area contributed by atoms with Crippen LogP contribution in [0.15, 0.2) is 76.8 Å². The Labute approximate surface area is 191 Å². The van der Waals surface area contributed by atoms with Crippen molar-refractivity contribution in [2.45, 2.75) is 0 Å². The van der Waals surface area contributed by atoms with Crippen molar-refractivity contribution in [1.82, 2.24) is 0 Å². The summed E-state index contributed by atoms with van der Waals surface area (Å²) in [5.41, 5.74) is 0.881. The van der Waals surface area contributed by atoms with E-state index in [1.54, 1.807) is 48.5 Å². The number of nitrogens with zero attached hydrogens (tertiary/aromatic N) is 3. The van der Waals surface area contributed by atoms with Gasteiger partial charge in [0.25, 0.3) is 11.6 Å². The molecule has 0 saturated heterocycles. The maximum absolute atomic E-state index is 12.4. The lowest BCUT2D eigenvalue weighted by Crippen LogP contribution is -2.13. The van der Waals surface area contributed by atoms with Gasteiger partial charge in [-0.05, 0) is 54.1 Å². The van der Waals surface area contributed by atoms with E-state index in [4.69, 9.17) is 4.74 Å². The highest BCUT2D eigenvalue weighted by Crippen LogP contribution is 2.28. The summed E-state index contributed by atoms with van der Waals surface area (Å²) in [7, 11) is 0. The molecule has 3 aromatic rings. The third kappa shape index (κ3) is 5.57. The topological polar surface area (TPSA) is 129 Å². The molecule has 9 heteroatoms. The number of anilines is 1. The molecule has 0 bridgehead atoms. The quantitative estimate of drug-likeness (QED) is 0.209. The van der Waals surface area contributed by atoms with E-state index in [0.29, 0.717) is 17.0 Å². The smallest absolute Gasteiger partial charge is 0.271 e. The number of non-ortho nitro benzene ring substituents is 1. The van der Waals surface area contributed by atoms with E-state index < -0.39 is 10.8 Å². The van der Waals surface area contributed by atoms with E-state index in [0.717, 1.165) is 10.5 Å². The monoisotopic (exact) mass is 488 g/mol. The zero-order valence-electron chi connectivity index (χ0n) is 16.3. The summed E-state index contributed by atoms with van der Waals surface area (Å²) in [5, 5.41) is 32.1. The molecule has 0 aliphatic carbocycles. The highest BCUT2D eigenvalue weighted by atomic mass is 79.9. The van der Waals surface area contributed by atoms with E-state index in [-0.39, 0.29) is 22.6 Å². The SMILES string of the molecule is N#C/C(=C\c1ccc(Oc2ccc([N+](=O)[O-])cc2C#N)cc1)C(=O)Nc1ccc(Br)cc1. The molecule has 0 aliphatic rings. The molecule has 32 heavy (non-hydrogen) atoms. The molecule has 8 nitrogen and oxygen atoms in total. The van der Waals surface area contributed by atoms with Crippen molar-refractivity contribution in [3.8, 4) is 23.6 Å². The highest BCUT2D eigenvalue weighted by Gasteiger charge is 2.13. The Morgan fingerprint density at radius 3 is 2.34 bits per heavy atom. The van der Waals surface area contributed by atoms with Crippen LogP contribution in [0.4, 0.5) is 11.4 Å². The molecule has 0 heterocycles. The van der Waals surface area contributed by atoms with Gasteiger partial charge in [0.05, 0.1) is 4.92 Å². The summed E-state index contributed by atoms with van der Waals surface area (Å²) < 4.78 is 6.51. The molecule has 0 fully saturated rings. The van der Waals surface area contributed by atoms with E-state index in [2.05, 4.69) is 21.2 Å². The number of benzene rings is 3. The minimum absolute atomic E-state index is 0.0274. The van der Waals surface area contributed by atoms with Crippen molar-refractivity contribution in [1.29, 1.82) is 10.5 Å². The first-order valence-electron chi connectivity index (χ1n) is 9.05. The van der Waals surface area contributed by atoms with Crippen LogP contribution in [0, 0.1) is 32.8 Å². The number of halogens is 1. The minimum atomic E-state index is -0.592. The number of nitriles is 2. The Morgan fingerprint density at radius 1 is 1.06 bits per heavy atom. The number of hydrogen-bond acceptors (Lipinski definition) is 6. The molecule has 0 spiro atoms. The van der Waals surface area contributed by atoms with Gasteiger partial charge in [0.2, 0.25) is 0 Å². The molecular formula is C23H13BrN4O4. The Morgan fingerprint density at radius 2 is 1.75 bits per heavy atom. The van der Waals surface area contributed by atoms with E-state index in [1.165, 1.54) is 18.2 Å².